The molecule has 19 heavy (non-hydrogen) atoms. The molecule has 0 spiro atoms. The van der Waals surface area contributed by atoms with Gasteiger partial charge in [0.2, 0.25) is 11.8 Å². The van der Waals surface area contributed by atoms with E-state index in [1.165, 1.54) is 0 Å². The van der Waals surface area contributed by atoms with Crippen molar-refractivity contribution in [2.45, 2.75) is 54.6 Å². The summed E-state index contributed by atoms with van der Waals surface area (Å²) in [5.74, 6) is 1.87. The molecule has 0 amide bonds. The van der Waals surface area contributed by atoms with Crippen LogP contribution in [0.25, 0.3) is 0 Å². The van der Waals surface area contributed by atoms with Crippen molar-refractivity contribution >= 4 is 5.95 Å². The first-order valence-electron chi connectivity index (χ1n) is 6.97. The second kappa shape index (κ2) is 6.22. The van der Waals surface area contributed by atoms with Crippen LogP contribution >= 0.6 is 0 Å². The lowest BCUT2D eigenvalue weighted by molar-refractivity contribution is 0.232. The summed E-state index contributed by atoms with van der Waals surface area (Å²) in [6.45, 7) is 15.7. The molecule has 4 heteroatoms. The maximum Gasteiger partial charge on any atom is 0.226 e. The fourth-order valence-electron chi connectivity index (χ4n) is 1.43. The Balaban J connectivity index is 2.76. The van der Waals surface area contributed by atoms with Gasteiger partial charge in [0, 0.05) is 18.3 Å². The first-order chi connectivity index (χ1) is 8.70. The molecule has 0 aromatic carbocycles. The summed E-state index contributed by atoms with van der Waals surface area (Å²) in [6, 6.07) is 1.86. The Hall–Kier alpha value is -1.32. The summed E-state index contributed by atoms with van der Waals surface area (Å²) in [7, 11) is 0. The van der Waals surface area contributed by atoms with E-state index in [1.54, 1.807) is 0 Å². The Labute approximate surface area is 117 Å². The molecule has 108 valence electrons. The highest BCUT2D eigenvalue weighted by Gasteiger charge is 2.22. The molecule has 4 nitrogen and oxygen atoms in total. The second-order valence-electron chi connectivity index (χ2n) is 6.33. The zero-order valence-corrected chi connectivity index (χ0v) is 13.2. The van der Waals surface area contributed by atoms with Gasteiger partial charge in [-0.15, -0.1) is 0 Å². The molecular weight excluding hydrogens is 238 g/mol. The summed E-state index contributed by atoms with van der Waals surface area (Å²) in [5, 5.41) is 3.32. The van der Waals surface area contributed by atoms with Crippen LogP contribution in [0.3, 0.4) is 0 Å². The Morgan fingerprint density at radius 3 is 2.37 bits per heavy atom. The average Bonchev–Trinajstić information content (AvgIpc) is 2.24. The average molecular weight is 265 g/mol. The van der Waals surface area contributed by atoms with Crippen molar-refractivity contribution in [2.75, 3.05) is 11.9 Å². The summed E-state index contributed by atoms with van der Waals surface area (Å²) < 4.78 is 5.62. The van der Waals surface area contributed by atoms with Gasteiger partial charge in [-0.2, -0.15) is 4.98 Å². The van der Waals surface area contributed by atoms with E-state index in [0.29, 0.717) is 17.7 Å². The van der Waals surface area contributed by atoms with E-state index in [1.807, 2.05) is 26.8 Å². The standard InChI is InChI=1S/C15H27N3O/c1-10(2)15(6,7)9-16-14-17-12(5)8-13(18-14)19-11(3)4/h8,10-11H,9H2,1-7H3,(H,16,17,18). The van der Waals surface area contributed by atoms with Crippen LogP contribution in [0.1, 0.15) is 47.2 Å². The Morgan fingerprint density at radius 2 is 1.84 bits per heavy atom. The lowest BCUT2D eigenvalue weighted by atomic mass is 9.81. The van der Waals surface area contributed by atoms with E-state index < -0.39 is 0 Å². The normalized spacial score (nSPS) is 12.1. The molecule has 0 aliphatic heterocycles. The molecule has 0 bridgehead atoms. The van der Waals surface area contributed by atoms with Gasteiger partial charge in [-0.25, -0.2) is 4.98 Å². The predicted octanol–water partition coefficient (Wildman–Crippen LogP) is 3.67. The summed E-state index contributed by atoms with van der Waals surface area (Å²) in [6.07, 6.45) is 0.120. The lowest BCUT2D eigenvalue weighted by Crippen LogP contribution is -2.29. The minimum atomic E-state index is 0.120. The van der Waals surface area contributed by atoms with E-state index in [9.17, 15) is 0 Å². The van der Waals surface area contributed by atoms with Gasteiger partial charge >= 0.3 is 0 Å². The monoisotopic (exact) mass is 265 g/mol. The number of aromatic nitrogens is 2. The molecule has 0 atom stereocenters. The lowest BCUT2D eigenvalue weighted by Gasteiger charge is -2.29. The molecule has 0 fully saturated rings. The van der Waals surface area contributed by atoms with Gasteiger partial charge in [0.1, 0.15) is 0 Å². The smallest absolute Gasteiger partial charge is 0.226 e. The van der Waals surface area contributed by atoms with Gasteiger partial charge in [0.25, 0.3) is 0 Å². The summed E-state index contributed by atoms with van der Waals surface area (Å²) >= 11 is 0. The third-order valence-electron chi connectivity index (χ3n) is 3.45. The molecule has 0 saturated carbocycles. The quantitative estimate of drug-likeness (QED) is 0.852. The Kier molecular flexibility index (Phi) is 5.15. The van der Waals surface area contributed by atoms with Crippen LogP contribution in [0.15, 0.2) is 6.07 Å². The predicted molar refractivity (Wildman–Crippen MR) is 79.6 cm³/mol. The second-order valence-corrected chi connectivity index (χ2v) is 6.33. The topological polar surface area (TPSA) is 47.0 Å². The van der Waals surface area contributed by atoms with Crippen molar-refractivity contribution in [3.05, 3.63) is 11.8 Å². The van der Waals surface area contributed by atoms with Crippen molar-refractivity contribution in [3.63, 3.8) is 0 Å². The number of hydrogen-bond donors (Lipinski definition) is 1. The minimum Gasteiger partial charge on any atom is -0.475 e. The van der Waals surface area contributed by atoms with Gasteiger partial charge in [-0.1, -0.05) is 27.7 Å². The van der Waals surface area contributed by atoms with Crippen LogP contribution < -0.4 is 10.1 Å². The van der Waals surface area contributed by atoms with Crippen LogP contribution in [0, 0.1) is 18.3 Å². The van der Waals surface area contributed by atoms with Gasteiger partial charge in [-0.05, 0) is 32.1 Å². The number of hydrogen-bond acceptors (Lipinski definition) is 4. The molecule has 1 N–H and O–H groups in total. The van der Waals surface area contributed by atoms with E-state index in [2.05, 4.69) is 43.0 Å². The highest BCUT2D eigenvalue weighted by molar-refractivity contribution is 5.31. The van der Waals surface area contributed by atoms with Gasteiger partial charge in [-0.3, -0.25) is 0 Å². The first kappa shape index (κ1) is 15.7. The van der Waals surface area contributed by atoms with Crippen LogP contribution in [0.5, 0.6) is 5.88 Å². The number of aryl methyl sites for hydroxylation is 1. The molecular formula is C15H27N3O. The maximum absolute atomic E-state index is 5.62. The first-order valence-corrected chi connectivity index (χ1v) is 6.97. The van der Waals surface area contributed by atoms with Crippen molar-refractivity contribution in [1.29, 1.82) is 0 Å². The number of nitrogens with zero attached hydrogens (tertiary/aromatic N) is 2. The van der Waals surface area contributed by atoms with Crippen molar-refractivity contribution in [3.8, 4) is 5.88 Å². The number of ether oxygens (including phenoxy) is 1. The molecule has 0 saturated heterocycles. The molecule has 0 radical (unpaired) electrons. The fourth-order valence-corrected chi connectivity index (χ4v) is 1.43. The zero-order valence-electron chi connectivity index (χ0n) is 13.2. The van der Waals surface area contributed by atoms with Crippen LogP contribution in [0.2, 0.25) is 0 Å². The molecule has 1 rings (SSSR count). The Morgan fingerprint density at radius 1 is 1.21 bits per heavy atom. The van der Waals surface area contributed by atoms with E-state index in [-0.39, 0.29) is 11.5 Å². The SMILES string of the molecule is Cc1cc(OC(C)C)nc(NCC(C)(C)C(C)C)n1. The van der Waals surface area contributed by atoms with E-state index in [4.69, 9.17) is 4.74 Å². The Bertz CT molecular complexity index is 414. The largest absolute Gasteiger partial charge is 0.475 e. The molecule has 0 aliphatic carbocycles. The van der Waals surface area contributed by atoms with E-state index >= 15 is 0 Å². The van der Waals surface area contributed by atoms with Crippen LogP contribution in [0.4, 0.5) is 5.95 Å². The summed E-state index contributed by atoms with van der Waals surface area (Å²) in [5.41, 5.74) is 1.11. The maximum atomic E-state index is 5.62. The molecule has 0 unspecified atom stereocenters. The third-order valence-corrected chi connectivity index (χ3v) is 3.45. The van der Waals surface area contributed by atoms with Gasteiger partial charge < -0.3 is 10.1 Å². The van der Waals surface area contributed by atoms with Gasteiger partial charge in [0.15, 0.2) is 0 Å². The zero-order chi connectivity index (χ0) is 14.6. The highest BCUT2D eigenvalue weighted by atomic mass is 16.5. The van der Waals surface area contributed by atoms with E-state index in [0.717, 1.165) is 12.2 Å². The molecule has 1 aromatic rings. The van der Waals surface area contributed by atoms with Gasteiger partial charge in [0.05, 0.1) is 6.10 Å². The van der Waals surface area contributed by atoms with Crippen molar-refractivity contribution < 1.29 is 4.74 Å². The van der Waals surface area contributed by atoms with Crippen LogP contribution in [-0.4, -0.2) is 22.6 Å². The number of nitrogens with one attached hydrogen (secondary N) is 1. The highest BCUT2D eigenvalue weighted by Crippen LogP contribution is 2.26. The van der Waals surface area contributed by atoms with Crippen LogP contribution in [-0.2, 0) is 0 Å². The minimum absolute atomic E-state index is 0.120. The fraction of sp³-hybridized carbons (Fsp3) is 0.733. The van der Waals surface area contributed by atoms with Crippen molar-refractivity contribution in [2.24, 2.45) is 11.3 Å². The number of rotatable bonds is 6. The molecule has 0 aliphatic rings. The summed E-state index contributed by atoms with van der Waals surface area (Å²) in [4.78, 5) is 8.79. The number of anilines is 1. The van der Waals surface area contributed by atoms with Crippen molar-refractivity contribution in [1.82, 2.24) is 9.97 Å². The third kappa shape index (κ3) is 5.05. The molecule has 1 aromatic heterocycles. The molecule has 1 heterocycles.